The highest BCUT2D eigenvalue weighted by atomic mass is 32.2. The summed E-state index contributed by atoms with van der Waals surface area (Å²) in [6.45, 7) is 0. The average Bonchev–Trinajstić information content (AvgIpc) is 3.19. The van der Waals surface area contributed by atoms with E-state index in [9.17, 15) is 16.8 Å². The van der Waals surface area contributed by atoms with Crippen LogP contribution in [-0.2, 0) is 19.9 Å². The molecule has 0 aromatic heterocycles. The van der Waals surface area contributed by atoms with Gasteiger partial charge in [0.25, 0.3) is 0 Å². The van der Waals surface area contributed by atoms with Gasteiger partial charge in [0, 0.05) is 12.0 Å². The van der Waals surface area contributed by atoms with E-state index in [-0.39, 0.29) is 17.4 Å². The lowest BCUT2D eigenvalue weighted by molar-refractivity contribution is 0.516. The summed E-state index contributed by atoms with van der Waals surface area (Å²) in [6, 6.07) is 9.11. The van der Waals surface area contributed by atoms with E-state index < -0.39 is 31.2 Å². The molecule has 116 valence electrons. The quantitative estimate of drug-likeness (QED) is 0.895. The smallest absolute Gasteiger partial charge is 0.215 e. The summed E-state index contributed by atoms with van der Waals surface area (Å²) in [6.07, 6.45) is 1.74. The molecule has 2 fully saturated rings. The van der Waals surface area contributed by atoms with E-state index in [2.05, 4.69) is 4.72 Å². The predicted molar refractivity (Wildman–Crippen MR) is 81.3 cm³/mol. The number of hydrogen-bond donors (Lipinski definition) is 1. The van der Waals surface area contributed by atoms with Crippen molar-refractivity contribution in [3.05, 3.63) is 35.9 Å². The van der Waals surface area contributed by atoms with Crippen molar-refractivity contribution in [3.8, 4) is 0 Å². The molecular weight excluding hydrogens is 310 g/mol. The Balaban J connectivity index is 1.66. The molecule has 0 amide bonds. The van der Waals surface area contributed by atoms with Crippen LogP contribution in [0.25, 0.3) is 0 Å². The molecule has 0 bridgehead atoms. The molecule has 1 aliphatic carbocycles. The number of rotatable bonds is 4. The molecule has 1 saturated carbocycles. The molecule has 0 unspecified atom stereocenters. The van der Waals surface area contributed by atoms with Crippen molar-refractivity contribution in [1.29, 1.82) is 0 Å². The van der Waals surface area contributed by atoms with Crippen LogP contribution < -0.4 is 4.72 Å². The molecule has 1 aromatic rings. The Morgan fingerprint density at radius 1 is 1.14 bits per heavy atom. The number of sulfone groups is 1. The van der Waals surface area contributed by atoms with Crippen molar-refractivity contribution in [3.63, 3.8) is 0 Å². The van der Waals surface area contributed by atoms with Crippen LogP contribution in [0.15, 0.2) is 30.3 Å². The lowest BCUT2D eigenvalue weighted by atomic mass is 10.1. The minimum absolute atomic E-state index is 0.0314. The zero-order valence-corrected chi connectivity index (χ0v) is 13.2. The SMILES string of the molecule is O=S1(=O)CCC[C@@H](NS(=O)(=O)[C@@H]2C[C@H]2c2ccccc2)C1. The number of hydrogen-bond acceptors (Lipinski definition) is 4. The third-order valence-corrected chi connectivity index (χ3v) is 7.95. The van der Waals surface area contributed by atoms with Gasteiger partial charge >= 0.3 is 0 Å². The Morgan fingerprint density at radius 2 is 1.86 bits per heavy atom. The minimum Gasteiger partial charge on any atom is -0.229 e. The average molecular weight is 329 g/mol. The molecule has 1 heterocycles. The summed E-state index contributed by atoms with van der Waals surface area (Å²) in [5, 5.41) is -0.426. The Kier molecular flexibility index (Phi) is 3.83. The first-order valence-corrected chi connectivity index (χ1v) is 10.5. The molecular formula is C14H19NO4S2. The van der Waals surface area contributed by atoms with E-state index in [1.807, 2.05) is 30.3 Å². The fraction of sp³-hybridized carbons (Fsp3) is 0.571. The van der Waals surface area contributed by atoms with Gasteiger partial charge in [-0.25, -0.2) is 21.6 Å². The van der Waals surface area contributed by atoms with E-state index in [1.54, 1.807) is 0 Å². The van der Waals surface area contributed by atoms with E-state index in [1.165, 1.54) is 0 Å². The molecule has 7 heteroatoms. The van der Waals surface area contributed by atoms with Crippen LogP contribution >= 0.6 is 0 Å². The van der Waals surface area contributed by atoms with E-state index >= 15 is 0 Å². The Labute approximate surface area is 125 Å². The Bertz CT molecular complexity index is 713. The maximum atomic E-state index is 12.3. The fourth-order valence-corrected chi connectivity index (χ4v) is 6.63. The van der Waals surface area contributed by atoms with Crippen molar-refractivity contribution in [2.24, 2.45) is 0 Å². The second-order valence-electron chi connectivity index (χ2n) is 5.91. The Morgan fingerprint density at radius 3 is 2.52 bits per heavy atom. The molecule has 1 N–H and O–H groups in total. The molecule has 0 radical (unpaired) electrons. The summed E-state index contributed by atoms with van der Waals surface area (Å²) >= 11 is 0. The Hall–Kier alpha value is -0.920. The van der Waals surface area contributed by atoms with E-state index in [0.29, 0.717) is 19.3 Å². The standard InChI is InChI=1S/C14H19NO4S2/c16-20(17)8-4-7-12(10-20)15-21(18,19)14-9-13(14)11-5-2-1-3-6-11/h1-3,5-6,12-15H,4,7-10H2/t12-,13+,14-/m1/s1. The molecule has 5 nitrogen and oxygen atoms in total. The highest BCUT2D eigenvalue weighted by Gasteiger charge is 2.48. The van der Waals surface area contributed by atoms with Crippen LogP contribution in [-0.4, -0.2) is 39.6 Å². The molecule has 0 spiro atoms. The van der Waals surface area contributed by atoms with Gasteiger partial charge in [-0.1, -0.05) is 30.3 Å². The van der Waals surface area contributed by atoms with Crippen molar-refractivity contribution >= 4 is 19.9 Å². The maximum Gasteiger partial charge on any atom is 0.215 e. The fourth-order valence-electron chi connectivity index (χ4n) is 3.00. The van der Waals surface area contributed by atoms with Gasteiger partial charge in [0.1, 0.15) is 0 Å². The van der Waals surface area contributed by atoms with Crippen molar-refractivity contribution in [2.75, 3.05) is 11.5 Å². The molecule has 1 aliphatic heterocycles. The second-order valence-corrected chi connectivity index (χ2v) is 10.1. The predicted octanol–water partition coefficient (Wildman–Crippen LogP) is 1.04. The van der Waals surface area contributed by atoms with Gasteiger partial charge in [0.15, 0.2) is 9.84 Å². The van der Waals surface area contributed by atoms with Crippen LogP contribution in [0, 0.1) is 0 Å². The molecule has 2 aliphatic rings. The normalized spacial score (nSPS) is 31.7. The van der Waals surface area contributed by atoms with Gasteiger partial charge in [0.2, 0.25) is 10.0 Å². The summed E-state index contributed by atoms with van der Waals surface area (Å²) in [7, 11) is -6.55. The number of sulfonamides is 1. The lowest BCUT2D eigenvalue weighted by Gasteiger charge is -2.22. The van der Waals surface area contributed by atoms with Crippen molar-refractivity contribution in [1.82, 2.24) is 4.72 Å². The van der Waals surface area contributed by atoms with Gasteiger partial charge < -0.3 is 0 Å². The summed E-state index contributed by atoms with van der Waals surface area (Å²) in [4.78, 5) is 0. The molecule has 1 aromatic carbocycles. The van der Waals surface area contributed by atoms with Crippen molar-refractivity contribution in [2.45, 2.75) is 36.5 Å². The zero-order chi connectivity index (χ0) is 15.1. The highest BCUT2D eigenvalue weighted by Crippen LogP contribution is 2.45. The third kappa shape index (κ3) is 3.46. The molecule has 3 atom stereocenters. The van der Waals surface area contributed by atoms with Gasteiger partial charge in [-0.2, -0.15) is 0 Å². The van der Waals surface area contributed by atoms with Gasteiger partial charge in [-0.05, 0) is 24.8 Å². The van der Waals surface area contributed by atoms with Crippen LogP contribution in [0.5, 0.6) is 0 Å². The monoisotopic (exact) mass is 329 g/mol. The van der Waals surface area contributed by atoms with Gasteiger partial charge in [0.05, 0.1) is 16.8 Å². The summed E-state index contributed by atoms with van der Waals surface area (Å²) in [5.74, 6) is 0.125. The van der Waals surface area contributed by atoms with Crippen LogP contribution in [0.4, 0.5) is 0 Å². The lowest BCUT2D eigenvalue weighted by Crippen LogP contribution is -2.44. The van der Waals surface area contributed by atoms with Crippen LogP contribution in [0.2, 0.25) is 0 Å². The number of benzene rings is 1. The molecule has 3 rings (SSSR count). The van der Waals surface area contributed by atoms with Gasteiger partial charge in [-0.3, -0.25) is 0 Å². The van der Waals surface area contributed by atoms with Crippen LogP contribution in [0.3, 0.4) is 0 Å². The molecule has 21 heavy (non-hydrogen) atoms. The van der Waals surface area contributed by atoms with E-state index in [0.717, 1.165) is 5.56 Å². The third-order valence-electron chi connectivity index (χ3n) is 4.15. The van der Waals surface area contributed by atoms with E-state index in [4.69, 9.17) is 0 Å². The highest BCUT2D eigenvalue weighted by molar-refractivity contribution is 7.92. The first kappa shape index (κ1) is 15.0. The number of nitrogens with one attached hydrogen (secondary N) is 1. The first-order chi connectivity index (χ1) is 9.87. The largest absolute Gasteiger partial charge is 0.229 e. The first-order valence-electron chi connectivity index (χ1n) is 7.14. The summed E-state index contributed by atoms with van der Waals surface area (Å²) < 4.78 is 50.5. The van der Waals surface area contributed by atoms with Gasteiger partial charge in [-0.15, -0.1) is 0 Å². The zero-order valence-electron chi connectivity index (χ0n) is 11.6. The topological polar surface area (TPSA) is 80.3 Å². The van der Waals surface area contributed by atoms with Crippen molar-refractivity contribution < 1.29 is 16.8 Å². The summed E-state index contributed by atoms with van der Waals surface area (Å²) in [5.41, 5.74) is 1.03. The maximum absolute atomic E-state index is 12.3. The minimum atomic E-state index is -3.45. The van der Waals surface area contributed by atoms with Crippen LogP contribution in [0.1, 0.15) is 30.7 Å². The second kappa shape index (κ2) is 5.37. The molecule has 1 saturated heterocycles.